The van der Waals surface area contributed by atoms with Gasteiger partial charge in [-0.1, -0.05) is 65.2 Å². The Morgan fingerprint density at radius 3 is 2.16 bits per heavy atom. The monoisotopic (exact) mass is 352 g/mol. The summed E-state index contributed by atoms with van der Waals surface area (Å²) in [5, 5.41) is 4.60. The summed E-state index contributed by atoms with van der Waals surface area (Å²) in [6.07, 6.45) is 16.5. The molecule has 0 amide bonds. The Balaban J connectivity index is 2.19. The second-order valence-electron chi connectivity index (χ2n) is 6.96. The number of hydrogen-bond acceptors (Lipinski definition) is 3. The molecule has 0 aromatic carbocycles. The molecule has 1 aromatic rings. The second kappa shape index (κ2) is 13.9. The molecule has 1 rings (SSSR count). The van der Waals surface area contributed by atoms with Crippen LogP contribution in [0.3, 0.4) is 0 Å². The second-order valence-corrected chi connectivity index (χ2v) is 6.96. The molecule has 0 radical (unpaired) electrons. The summed E-state index contributed by atoms with van der Waals surface area (Å²) < 4.78 is 9.08. The van der Waals surface area contributed by atoms with Crippen molar-refractivity contribution >= 4 is 5.97 Å². The van der Waals surface area contributed by atoms with E-state index in [1.807, 2.05) is 15.6 Å². The Labute approximate surface area is 153 Å². The number of hydrogen-bond donors (Lipinski definition) is 0. The molecule has 0 aliphatic carbocycles. The van der Waals surface area contributed by atoms with E-state index in [0.717, 1.165) is 31.6 Å². The highest BCUT2D eigenvalue weighted by molar-refractivity contribution is 5.65. The fraction of sp³-hybridized carbons (Fsp3) is 0.850. The molecule has 0 fully saturated rings. The molecule has 1 aromatic heterocycles. The number of rotatable bonds is 15. The topological polar surface area (TPSA) is 48.0 Å². The maximum Gasteiger partial charge on any atom is 0.303 e. The van der Waals surface area contributed by atoms with Gasteiger partial charge in [-0.05, 0) is 19.3 Å². The van der Waals surface area contributed by atoms with Crippen LogP contribution in [0, 0.1) is 0 Å². The van der Waals surface area contributed by atoms with Gasteiger partial charge >= 0.3 is 5.97 Å². The molecule has 0 aliphatic rings. The zero-order valence-electron chi connectivity index (χ0n) is 16.6. The van der Waals surface area contributed by atoms with Crippen molar-refractivity contribution in [1.82, 2.24) is 9.90 Å². The summed E-state index contributed by atoms with van der Waals surface area (Å²) in [5.41, 5.74) is 0.976. The lowest BCUT2D eigenvalue weighted by Gasteiger charge is -2.01. The average molecular weight is 353 g/mol. The normalized spacial score (nSPS) is 11.0. The Kier molecular flexibility index (Phi) is 12.0. The van der Waals surface area contributed by atoms with Crippen molar-refractivity contribution in [2.75, 3.05) is 0 Å². The van der Waals surface area contributed by atoms with Gasteiger partial charge in [-0.2, -0.15) is 0 Å². The zero-order chi connectivity index (χ0) is 18.3. The SMILES string of the molecule is CCCCCCCCCCCC[n+]1cc(COC(C)=O)n(CCC)n1. The summed E-state index contributed by atoms with van der Waals surface area (Å²) in [6, 6.07) is 0. The molecule has 0 aliphatic heterocycles. The molecule has 0 N–H and O–H groups in total. The Morgan fingerprint density at radius 2 is 1.60 bits per heavy atom. The number of nitrogens with zero attached hydrogens (tertiary/aromatic N) is 3. The molecular formula is C20H38N3O2+. The molecule has 0 spiro atoms. The van der Waals surface area contributed by atoms with Crippen molar-refractivity contribution in [3.63, 3.8) is 0 Å². The van der Waals surface area contributed by atoms with Gasteiger partial charge in [0, 0.05) is 6.92 Å². The molecular weight excluding hydrogens is 314 g/mol. The minimum Gasteiger partial charge on any atom is -0.457 e. The fourth-order valence-electron chi connectivity index (χ4n) is 3.02. The number of ether oxygens (including phenoxy) is 1. The van der Waals surface area contributed by atoms with E-state index in [9.17, 15) is 4.79 Å². The van der Waals surface area contributed by atoms with E-state index >= 15 is 0 Å². The summed E-state index contributed by atoms with van der Waals surface area (Å²) >= 11 is 0. The van der Waals surface area contributed by atoms with Crippen LogP contribution in [0.4, 0.5) is 0 Å². The van der Waals surface area contributed by atoms with Crippen LogP contribution in [0.1, 0.15) is 97.1 Å². The van der Waals surface area contributed by atoms with E-state index in [1.165, 1.54) is 64.7 Å². The number of esters is 1. The lowest BCUT2D eigenvalue weighted by atomic mass is 10.1. The lowest BCUT2D eigenvalue weighted by Crippen LogP contribution is -2.36. The van der Waals surface area contributed by atoms with Crippen LogP contribution in [-0.2, 0) is 29.2 Å². The predicted molar refractivity (Wildman–Crippen MR) is 100 cm³/mol. The summed E-state index contributed by atoms with van der Waals surface area (Å²) in [5.74, 6) is -0.245. The van der Waals surface area contributed by atoms with Gasteiger partial charge in [-0.25, -0.2) is 0 Å². The van der Waals surface area contributed by atoms with E-state index < -0.39 is 0 Å². The predicted octanol–water partition coefficient (Wildman–Crippen LogP) is 4.56. The van der Waals surface area contributed by atoms with Gasteiger partial charge in [-0.15, -0.1) is 9.36 Å². The number of unbranched alkanes of at least 4 members (excludes halogenated alkanes) is 9. The largest absolute Gasteiger partial charge is 0.457 e. The molecule has 5 nitrogen and oxygen atoms in total. The molecule has 1 heterocycles. The standard InChI is InChI=1S/C20H38N3O2/c1-4-6-7-8-9-10-11-12-13-14-16-22-17-20(18-25-19(3)24)23(21-22)15-5-2/h17H,4-16,18H2,1-3H3/q+1. The third-order valence-corrected chi connectivity index (χ3v) is 4.45. The van der Waals surface area contributed by atoms with Gasteiger partial charge in [0.25, 0.3) is 0 Å². The Hall–Kier alpha value is -1.39. The quantitative estimate of drug-likeness (QED) is 0.264. The minimum atomic E-state index is -0.245. The Bertz CT molecular complexity index is 472. The van der Waals surface area contributed by atoms with Crippen LogP contribution >= 0.6 is 0 Å². The zero-order valence-corrected chi connectivity index (χ0v) is 16.6. The van der Waals surface area contributed by atoms with Crippen LogP contribution in [-0.4, -0.2) is 15.9 Å². The summed E-state index contributed by atoms with van der Waals surface area (Å²) in [4.78, 5) is 11.0. The van der Waals surface area contributed by atoms with E-state index in [1.54, 1.807) is 0 Å². The molecule has 0 unspecified atom stereocenters. The third kappa shape index (κ3) is 10.3. The van der Waals surface area contributed by atoms with Crippen LogP contribution in [0.5, 0.6) is 0 Å². The minimum absolute atomic E-state index is 0.245. The summed E-state index contributed by atoms with van der Waals surface area (Å²) in [6.45, 7) is 7.96. The van der Waals surface area contributed by atoms with Crippen molar-refractivity contribution in [3.05, 3.63) is 11.9 Å². The number of carbonyl (C=O) groups excluding carboxylic acids is 1. The van der Waals surface area contributed by atoms with E-state index in [0.29, 0.717) is 6.61 Å². The van der Waals surface area contributed by atoms with Crippen molar-refractivity contribution in [2.45, 2.75) is 111 Å². The number of aromatic nitrogens is 3. The highest BCUT2D eigenvalue weighted by atomic mass is 16.5. The lowest BCUT2D eigenvalue weighted by molar-refractivity contribution is -0.755. The average Bonchev–Trinajstić information content (AvgIpc) is 2.97. The molecule has 0 bridgehead atoms. The van der Waals surface area contributed by atoms with Crippen molar-refractivity contribution < 1.29 is 14.2 Å². The first-order chi connectivity index (χ1) is 12.2. The third-order valence-electron chi connectivity index (χ3n) is 4.45. The molecule has 0 atom stereocenters. The van der Waals surface area contributed by atoms with Gasteiger partial charge in [0.1, 0.15) is 13.1 Å². The molecule has 0 saturated carbocycles. The fourth-order valence-corrected chi connectivity index (χ4v) is 3.02. The van der Waals surface area contributed by atoms with Crippen LogP contribution < -0.4 is 4.68 Å². The van der Waals surface area contributed by atoms with E-state index in [4.69, 9.17) is 4.74 Å². The van der Waals surface area contributed by atoms with Crippen molar-refractivity contribution in [1.29, 1.82) is 0 Å². The van der Waals surface area contributed by atoms with Gasteiger partial charge in [-0.3, -0.25) is 4.79 Å². The molecule has 0 saturated heterocycles. The van der Waals surface area contributed by atoms with E-state index in [-0.39, 0.29) is 5.97 Å². The van der Waals surface area contributed by atoms with Crippen LogP contribution in [0.2, 0.25) is 0 Å². The van der Waals surface area contributed by atoms with Crippen LogP contribution in [0.15, 0.2) is 6.20 Å². The first kappa shape index (κ1) is 21.7. The Morgan fingerprint density at radius 1 is 1.00 bits per heavy atom. The first-order valence-electron chi connectivity index (χ1n) is 10.3. The van der Waals surface area contributed by atoms with Gasteiger partial charge < -0.3 is 4.74 Å². The number of carbonyl (C=O) groups is 1. The molecule has 5 heteroatoms. The number of aryl methyl sites for hydroxylation is 2. The van der Waals surface area contributed by atoms with Gasteiger partial charge in [0.15, 0.2) is 12.8 Å². The molecule has 144 valence electrons. The maximum absolute atomic E-state index is 11.0. The summed E-state index contributed by atoms with van der Waals surface area (Å²) in [7, 11) is 0. The van der Waals surface area contributed by atoms with Crippen molar-refractivity contribution in [2.24, 2.45) is 0 Å². The molecule has 25 heavy (non-hydrogen) atoms. The highest BCUT2D eigenvalue weighted by Gasteiger charge is 2.16. The van der Waals surface area contributed by atoms with E-state index in [2.05, 4.69) is 19.1 Å². The first-order valence-corrected chi connectivity index (χ1v) is 10.3. The van der Waals surface area contributed by atoms with Gasteiger partial charge in [0.05, 0.1) is 5.21 Å². The smallest absolute Gasteiger partial charge is 0.303 e. The van der Waals surface area contributed by atoms with Crippen molar-refractivity contribution in [3.8, 4) is 0 Å². The van der Waals surface area contributed by atoms with Gasteiger partial charge in [0.2, 0.25) is 5.69 Å². The maximum atomic E-state index is 11.0. The van der Waals surface area contributed by atoms with Crippen LogP contribution in [0.25, 0.3) is 0 Å². The highest BCUT2D eigenvalue weighted by Crippen LogP contribution is 2.10.